The first-order valence-electron chi connectivity index (χ1n) is 8.80. The topological polar surface area (TPSA) is 115 Å². The normalized spacial score (nSPS) is 11.2. The van der Waals surface area contributed by atoms with Crippen LogP contribution in [0.25, 0.3) is 11.0 Å². The number of fused-ring (bicyclic) bond motifs is 1. The molecule has 2 N–H and O–H groups in total. The zero-order chi connectivity index (χ0) is 21.0. The van der Waals surface area contributed by atoms with E-state index in [1.54, 1.807) is 48.5 Å². The second-order valence-electron chi connectivity index (χ2n) is 6.34. The van der Waals surface area contributed by atoms with Gasteiger partial charge in [0.2, 0.25) is 0 Å². The first-order chi connectivity index (χ1) is 13.8. The molecule has 0 saturated carbocycles. The van der Waals surface area contributed by atoms with Crippen molar-refractivity contribution in [2.45, 2.75) is 12.7 Å². The lowest BCUT2D eigenvalue weighted by Crippen LogP contribution is -2.41. The third-order valence-corrected chi connectivity index (χ3v) is 4.84. The first kappa shape index (κ1) is 20.4. The van der Waals surface area contributed by atoms with Crippen LogP contribution in [0.5, 0.6) is 5.75 Å². The Labute approximate surface area is 167 Å². The summed E-state index contributed by atoms with van der Waals surface area (Å²) in [5.74, 6) is -1.19. The summed E-state index contributed by atoms with van der Waals surface area (Å²) in [5.41, 5.74) is 5.50. The van der Waals surface area contributed by atoms with Crippen molar-refractivity contribution >= 4 is 32.6 Å². The maximum Gasteiger partial charge on any atom is 0.305 e. The third-order valence-electron chi connectivity index (χ3n) is 4.03. The van der Waals surface area contributed by atoms with Gasteiger partial charge in [-0.25, -0.2) is 8.42 Å². The Morgan fingerprint density at radius 1 is 1.00 bits per heavy atom. The van der Waals surface area contributed by atoms with Gasteiger partial charge in [0.15, 0.2) is 15.6 Å². The van der Waals surface area contributed by atoms with Gasteiger partial charge >= 0.3 is 5.91 Å². The molecule has 1 aromatic heterocycles. The first-order valence-corrected chi connectivity index (χ1v) is 10.9. The van der Waals surface area contributed by atoms with Crippen LogP contribution in [0.4, 0.5) is 0 Å². The Morgan fingerprint density at radius 3 is 2.31 bits per heavy atom. The van der Waals surface area contributed by atoms with Crippen LogP contribution in [0.1, 0.15) is 33.4 Å². The van der Waals surface area contributed by atoms with Crippen LogP contribution in [-0.4, -0.2) is 33.1 Å². The van der Waals surface area contributed by atoms with Crippen molar-refractivity contribution in [3.05, 3.63) is 65.4 Å². The highest BCUT2D eigenvalue weighted by Gasteiger charge is 2.23. The number of benzene rings is 2. The molecule has 2 aromatic carbocycles. The molecule has 0 aliphatic heterocycles. The lowest BCUT2D eigenvalue weighted by atomic mass is 10.1. The molecule has 0 spiro atoms. The van der Waals surface area contributed by atoms with Crippen molar-refractivity contribution in [1.82, 2.24) is 10.9 Å². The molecule has 3 rings (SSSR count). The number of nitrogens with one attached hydrogen (secondary N) is 2. The van der Waals surface area contributed by atoms with Gasteiger partial charge in [0.1, 0.15) is 11.3 Å². The summed E-state index contributed by atoms with van der Waals surface area (Å²) in [4.78, 5) is 24.8. The smallest absolute Gasteiger partial charge is 0.305 e. The number of ether oxygens (including phenoxy) is 1. The van der Waals surface area contributed by atoms with Crippen molar-refractivity contribution in [3.8, 4) is 5.75 Å². The molecule has 0 aliphatic carbocycles. The standard InChI is InChI=1S/C20H20N2O6S/c1-3-27-14-10-8-13(9-11-14)19(23)21-22-20(24)18-16(12-29(2,25)26)15-6-4-5-7-17(15)28-18/h4-11H,3,12H2,1-2H3,(H,21,23)(H,22,24). The van der Waals surface area contributed by atoms with Gasteiger partial charge in [-0.3, -0.25) is 20.4 Å². The van der Waals surface area contributed by atoms with Crippen LogP contribution in [0.3, 0.4) is 0 Å². The molecule has 3 aromatic rings. The molecule has 9 heteroatoms. The fourth-order valence-corrected chi connectivity index (χ4v) is 3.61. The van der Waals surface area contributed by atoms with Crippen LogP contribution in [-0.2, 0) is 15.6 Å². The maximum absolute atomic E-state index is 12.6. The highest BCUT2D eigenvalue weighted by molar-refractivity contribution is 7.89. The molecule has 8 nitrogen and oxygen atoms in total. The maximum atomic E-state index is 12.6. The molecular weight excluding hydrogens is 396 g/mol. The van der Waals surface area contributed by atoms with Crippen LogP contribution in [0, 0.1) is 0 Å². The monoisotopic (exact) mass is 416 g/mol. The summed E-state index contributed by atoms with van der Waals surface area (Å²) in [6, 6.07) is 13.1. The van der Waals surface area contributed by atoms with Crippen molar-refractivity contribution in [3.63, 3.8) is 0 Å². The van der Waals surface area contributed by atoms with E-state index >= 15 is 0 Å². The van der Waals surface area contributed by atoms with Gasteiger partial charge in [-0.1, -0.05) is 18.2 Å². The van der Waals surface area contributed by atoms with Gasteiger partial charge in [-0.2, -0.15) is 0 Å². The summed E-state index contributed by atoms with van der Waals surface area (Å²) < 4.78 is 34.4. The van der Waals surface area contributed by atoms with E-state index in [1.807, 2.05) is 6.92 Å². The number of amides is 2. The number of hydrogen-bond acceptors (Lipinski definition) is 6. The molecule has 152 valence electrons. The predicted molar refractivity (Wildman–Crippen MR) is 107 cm³/mol. The number of furan rings is 1. The molecular formula is C20H20N2O6S. The van der Waals surface area contributed by atoms with Crippen LogP contribution < -0.4 is 15.6 Å². The lowest BCUT2D eigenvalue weighted by Gasteiger charge is -2.08. The van der Waals surface area contributed by atoms with Gasteiger partial charge in [0.25, 0.3) is 5.91 Å². The highest BCUT2D eigenvalue weighted by Crippen LogP contribution is 2.27. The number of carbonyl (C=O) groups excluding carboxylic acids is 2. The molecule has 2 amide bonds. The van der Waals surface area contributed by atoms with E-state index in [0.717, 1.165) is 6.26 Å². The molecule has 0 fully saturated rings. The average molecular weight is 416 g/mol. The number of sulfone groups is 1. The number of rotatable bonds is 6. The summed E-state index contributed by atoms with van der Waals surface area (Å²) in [7, 11) is -3.42. The molecule has 1 heterocycles. The molecule has 0 saturated heterocycles. The Balaban J connectivity index is 1.77. The van der Waals surface area contributed by atoms with Gasteiger partial charge in [0, 0.05) is 22.8 Å². The van der Waals surface area contributed by atoms with Gasteiger partial charge in [0.05, 0.1) is 12.4 Å². The summed E-state index contributed by atoms with van der Waals surface area (Å²) >= 11 is 0. The summed E-state index contributed by atoms with van der Waals surface area (Å²) in [5, 5.41) is 0.529. The zero-order valence-corrected chi connectivity index (χ0v) is 16.7. The second-order valence-corrected chi connectivity index (χ2v) is 8.48. The number of para-hydroxylation sites is 1. The van der Waals surface area contributed by atoms with E-state index in [-0.39, 0.29) is 17.1 Å². The van der Waals surface area contributed by atoms with Gasteiger partial charge in [-0.05, 0) is 37.3 Å². The Bertz CT molecular complexity index is 1150. The Kier molecular flexibility index (Phi) is 5.88. The molecule has 0 radical (unpaired) electrons. The summed E-state index contributed by atoms with van der Waals surface area (Å²) in [6.45, 7) is 2.36. The average Bonchev–Trinajstić information content (AvgIpc) is 3.04. The minimum atomic E-state index is -3.42. The Hall–Kier alpha value is -3.33. The fourth-order valence-electron chi connectivity index (χ4n) is 2.80. The van der Waals surface area contributed by atoms with Crippen LogP contribution >= 0.6 is 0 Å². The largest absolute Gasteiger partial charge is 0.494 e. The van der Waals surface area contributed by atoms with E-state index in [1.165, 1.54) is 0 Å². The van der Waals surface area contributed by atoms with Crippen molar-refractivity contribution in [2.24, 2.45) is 0 Å². The second kappa shape index (κ2) is 8.36. The molecule has 0 atom stereocenters. The lowest BCUT2D eigenvalue weighted by molar-refractivity contribution is 0.0831. The quantitative estimate of drug-likeness (QED) is 0.597. The van der Waals surface area contributed by atoms with E-state index in [0.29, 0.717) is 28.9 Å². The van der Waals surface area contributed by atoms with E-state index < -0.39 is 21.7 Å². The third kappa shape index (κ3) is 4.94. The zero-order valence-electron chi connectivity index (χ0n) is 15.9. The summed E-state index contributed by atoms with van der Waals surface area (Å²) in [6.07, 6.45) is 1.07. The minimum Gasteiger partial charge on any atom is -0.494 e. The molecule has 0 bridgehead atoms. The van der Waals surface area contributed by atoms with Crippen molar-refractivity contribution in [2.75, 3.05) is 12.9 Å². The van der Waals surface area contributed by atoms with Crippen molar-refractivity contribution in [1.29, 1.82) is 0 Å². The van der Waals surface area contributed by atoms with E-state index in [2.05, 4.69) is 10.9 Å². The SMILES string of the molecule is CCOc1ccc(C(=O)NNC(=O)c2oc3ccccc3c2CS(C)(=O)=O)cc1. The fraction of sp³-hybridized carbons (Fsp3) is 0.200. The van der Waals surface area contributed by atoms with Crippen LogP contribution in [0.15, 0.2) is 52.9 Å². The minimum absolute atomic E-state index is 0.163. The molecule has 0 unspecified atom stereocenters. The Morgan fingerprint density at radius 2 is 1.66 bits per heavy atom. The molecule has 0 aliphatic rings. The van der Waals surface area contributed by atoms with E-state index in [9.17, 15) is 18.0 Å². The number of carbonyl (C=O) groups is 2. The molecule has 29 heavy (non-hydrogen) atoms. The van der Waals surface area contributed by atoms with Crippen LogP contribution in [0.2, 0.25) is 0 Å². The van der Waals surface area contributed by atoms with Crippen molar-refractivity contribution < 1.29 is 27.2 Å². The van der Waals surface area contributed by atoms with E-state index in [4.69, 9.17) is 9.15 Å². The highest BCUT2D eigenvalue weighted by atomic mass is 32.2. The number of hydrazine groups is 1. The van der Waals surface area contributed by atoms with Gasteiger partial charge in [-0.15, -0.1) is 0 Å². The van der Waals surface area contributed by atoms with Gasteiger partial charge < -0.3 is 9.15 Å². The predicted octanol–water partition coefficient (Wildman–Crippen LogP) is 2.45. The number of hydrogen-bond donors (Lipinski definition) is 2.